The van der Waals surface area contributed by atoms with Gasteiger partial charge in [0.2, 0.25) is 5.91 Å². The minimum atomic E-state index is 0.206. The van der Waals surface area contributed by atoms with E-state index in [1.54, 1.807) is 7.11 Å². The van der Waals surface area contributed by atoms with Crippen LogP contribution in [0.3, 0.4) is 0 Å². The van der Waals surface area contributed by atoms with Crippen LogP contribution in [-0.2, 0) is 4.79 Å². The lowest BCUT2D eigenvalue weighted by atomic mass is 10.0. The zero-order valence-electron chi connectivity index (χ0n) is 18.4. The molecular weight excluding hydrogens is 390 g/mol. The molecule has 0 aliphatic carbocycles. The number of carbonyl (C=O) groups excluding carboxylic acids is 1. The highest BCUT2D eigenvalue weighted by Gasteiger charge is 2.29. The van der Waals surface area contributed by atoms with Gasteiger partial charge in [0.15, 0.2) is 0 Å². The van der Waals surface area contributed by atoms with Gasteiger partial charge in [-0.2, -0.15) is 0 Å². The molecule has 2 saturated heterocycles. The van der Waals surface area contributed by atoms with E-state index in [2.05, 4.69) is 21.9 Å². The monoisotopic (exact) mass is 423 g/mol. The number of piperidine rings is 1. The highest BCUT2D eigenvalue weighted by Crippen LogP contribution is 2.23. The summed E-state index contributed by atoms with van der Waals surface area (Å²) in [6.45, 7) is 6.25. The molecule has 1 atom stereocenters. The molecule has 4 rings (SSSR count). The Morgan fingerprint density at radius 3 is 2.39 bits per heavy atom. The van der Waals surface area contributed by atoms with Gasteiger partial charge in [0.1, 0.15) is 11.5 Å². The van der Waals surface area contributed by atoms with Gasteiger partial charge in [0.25, 0.3) is 0 Å². The van der Waals surface area contributed by atoms with Gasteiger partial charge < -0.3 is 19.3 Å². The minimum absolute atomic E-state index is 0.206. The van der Waals surface area contributed by atoms with E-state index in [4.69, 9.17) is 9.47 Å². The van der Waals surface area contributed by atoms with Crippen LogP contribution in [0.4, 0.5) is 5.69 Å². The van der Waals surface area contributed by atoms with Gasteiger partial charge in [-0.3, -0.25) is 9.69 Å². The van der Waals surface area contributed by atoms with Crippen molar-refractivity contribution in [3.8, 4) is 11.5 Å². The zero-order chi connectivity index (χ0) is 21.5. The average Bonchev–Trinajstić information content (AvgIpc) is 2.85. The van der Waals surface area contributed by atoms with Crippen LogP contribution in [0.1, 0.15) is 19.3 Å². The minimum Gasteiger partial charge on any atom is -0.497 e. The maximum absolute atomic E-state index is 12.7. The molecule has 166 valence electrons. The highest BCUT2D eigenvalue weighted by molar-refractivity contribution is 5.76. The Kier molecular flexibility index (Phi) is 7.30. The predicted octanol–water partition coefficient (Wildman–Crippen LogP) is 3.28. The van der Waals surface area contributed by atoms with Gasteiger partial charge in [0, 0.05) is 51.0 Å². The summed E-state index contributed by atoms with van der Waals surface area (Å²) in [5.41, 5.74) is 1.25. The standard InChI is InChI=1S/C25H33N3O3/c1-30-23-11-9-21(10-12-23)26-15-17-27(18-16-26)22-6-5-14-28(20-22)25(29)13-19-31-24-7-3-2-4-8-24/h2-4,7-12,22H,5-6,13-20H2,1H3/t22-/m1/s1. The number of hydrogen-bond acceptors (Lipinski definition) is 5. The summed E-state index contributed by atoms with van der Waals surface area (Å²) in [7, 11) is 1.70. The van der Waals surface area contributed by atoms with E-state index in [1.807, 2.05) is 47.4 Å². The third-order valence-corrected chi connectivity index (χ3v) is 6.35. The molecule has 0 unspecified atom stereocenters. The summed E-state index contributed by atoms with van der Waals surface area (Å²) in [5.74, 6) is 1.92. The molecule has 0 N–H and O–H groups in total. The van der Waals surface area contributed by atoms with Crippen molar-refractivity contribution in [2.24, 2.45) is 0 Å². The number of carbonyl (C=O) groups is 1. The Morgan fingerprint density at radius 1 is 0.935 bits per heavy atom. The number of likely N-dealkylation sites (tertiary alicyclic amines) is 1. The lowest BCUT2D eigenvalue weighted by Crippen LogP contribution is -2.56. The van der Waals surface area contributed by atoms with E-state index in [1.165, 1.54) is 12.1 Å². The van der Waals surface area contributed by atoms with E-state index < -0.39 is 0 Å². The molecule has 2 aliphatic heterocycles. The smallest absolute Gasteiger partial charge is 0.226 e. The first-order valence-electron chi connectivity index (χ1n) is 11.3. The van der Waals surface area contributed by atoms with Gasteiger partial charge in [-0.1, -0.05) is 18.2 Å². The molecule has 0 saturated carbocycles. The Morgan fingerprint density at radius 2 is 1.68 bits per heavy atom. The summed E-state index contributed by atoms with van der Waals surface area (Å²) < 4.78 is 11.0. The molecular formula is C25H33N3O3. The molecule has 2 aromatic rings. The third-order valence-electron chi connectivity index (χ3n) is 6.35. The largest absolute Gasteiger partial charge is 0.497 e. The fourth-order valence-corrected chi connectivity index (χ4v) is 4.55. The Labute approximate surface area is 185 Å². The molecule has 0 radical (unpaired) electrons. The lowest BCUT2D eigenvalue weighted by molar-refractivity contribution is -0.133. The second-order valence-corrected chi connectivity index (χ2v) is 8.27. The fourth-order valence-electron chi connectivity index (χ4n) is 4.55. The summed E-state index contributed by atoms with van der Waals surface area (Å²) in [6.07, 6.45) is 2.69. The van der Waals surface area contributed by atoms with Crippen molar-refractivity contribution in [3.63, 3.8) is 0 Å². The maximum Gasteiger partial charge on any atom is 0.226 e. The van der Waals surface area contributed by atoms with Gasteiger partial charge >= 0.3 is 0 Å². The normalized spacial score (nSPS) is 19.8. The first-order chi connectivity index (χ1) is 15.2. The number of methoxy groups -OCH3 is 1. The number of para-hydroxylation sites is 1. The van der Waals surface area contributed by atoms with Gasteiger partial charge in [-0.25, -0.2) is 0 Å². The molecule has 2 aromatic carbocycles. The van der Waals surface area contributed by atoms with E-state index in [9.17, 15) is 4.79 Å². The molecule has 2 heterocycles. The Bertz CT molecular complexity index is 820. The molecule has 2 aliphatic rings. The molecule has 0 aromatic heterocycles. The van der Waals surface area contributed by atoms with Crippen molar-refractivity contribution in [2.75, 3.05) is 57.9 Å². The molecule has 6 nitrogen and oxygen atoms in total. The Balaban J connectivity index is 1.22. The number of rotatable bonds is 7. The van der Waals surface area contributed by atoms with Crippen molar-refractivity contribution in [2.45, 2.75) is 25.3 Å². The quantitative estimate of drug-likeness (QED) is 0.684. The van der Waals surface area contributed by atoms with Crippen LogP contribution < -0.4 is 14.4 Å². The van der Waals surface area contributed by atoms with Crippen LogP contribution in [0.2, 0.25) is 0 Å². The summed E-state index contributed by atoms with van der Waals surface area (Å²) in [6, 6.07) is 18.5. The number of ether oxygens (including phenoxy) is 2. The molecule has 31 heavy (non-hydrogen) atoms. The predicted molar refractivity (Wildman–Crippen MR) is 123 cm³/mol. The molecule has 0 spiro atoms. The SMILES string of the molecule is COc1ccc(N2CCN([C@@H]3CCCN(C(=O)CCOc4ccccc4)C3)CC2)cc1. The number of benzene rings is 2. The third kappa shape index (κ3) is 5.70. The molecule has 2 fully saturated rings. The number of anilines is 1. The highest BCUT2D eigenvalue weighted by atomic mass is 16.5. The van der Waals surface area contributed by atoms with Crippen molar-refractivity contribution >= 4 is 11.6 Å². The van der Waals surface area contributed by atoms with Crippen LogP contribution in [0, 0.1) is 0 Å². The first-order valence-corrected chi connectivity index (χ1v) is 11.3. The number of hydrogen-bond donors (Lipinski definition) is 0. The number of piperazine rings is 1. The molecule has 6 heteroatoms. The van der Waals surface area contributed by atoms with Crippen molar-refractivity contribution in [3.05, 3.63) is 54.6 Å². The van der Waals surface area contributed by atoms with E-state index in [0.717, 1.165) is 57.2 Å². The maximum atomic E-state index is 12.7. The summed E-state index contributed by atoms with van der Waals surface area (Å²) >= 11 is 0. The second kappa shape index (κ2) is 10.5. The van der Waals surface area contributed by atoms with Crippen LogP contribution in [0.5, 0.6) is 11.5 Å². The summed E-state index contributed by atoms with van der Waals surface area (Å²) in [5, 5.41) is 0. The van der Waals surface area contributed by atoms with Crippen molar-refractivity contribution < 1.29 is 14.3 Å². The lowest BCUT2D eigenvalue weighted by Gasteiger charge is -2.44. The van der Waals surface area contributed by atoms with Crippen LogP contribution in [-0.4, -0.2) is 74.7 Å². The Hall–Kier alpha value is -2.73. The average molecular weight is 424 g/mol. The van der Waals surface area contributed by atoms with Gasteiger partial charge in [0.05, 0.1) is 20.1 Å². The number of amides is 1. The van der Waals surface area contributed by atoms with Crippen LogP contribution in [0.25, 0.3) is 0 Å². The van der Waals surface area contributed by atoms with Crippen molar-refractivity contribution in [1.82, 2.24) is 9.80 Å². The van der Waals surface area contributed by atoms with Crippen LogP contribution in [0.15, 0.2) is 54.6 Å². The zero-order valence-corrected chi connectivity index (χ0v) is 18.4. The van der Waals surface area contributed by atoms with Crippen molar-refractivity contribution in [1.29, 1.82) is 0 Å². The topological polar surface area (TPSA) is 45.2 Å². The van der Waals surface area contributed by atoms with E-state index in [0.29, 0.717) is 19.1 Å². The number of nitrogens with zero attached hydrogens (tertiary/aromatic N) is 3. The van der Waals surface area contributed by atoms with E-state index in [-0.39, 0.29) is 5.91 Å². The van der Waals surface area contributed by atoms with Crippen LogP contribution >= 0.6 is 0 Å². The molecule has 0 bridgehead atoms. The second-order valence-electron chi connectivity index (χ2n) is 8.27. The molecule has 1 amide bonds. The summed E-state index contributed by atoms with van der Waals surface area (Å²) in [4.78, 5) is 19.8. The van der Waals surface area contributed by atoms with Gasteiger partial charge in [-0.05, 0) is 49.2 Å². The fraction of sp³-hybridized carbons (Fsp3) is 0.480. The van der Waals surface area contributed by atoms with E-state index >= 15 is 0 Å². The van der Waals surface area contributed by atoms with Gasteiger partial charge in [-0.15, -0.1) is 0 Å². The first kappa shape index (κ1) is 21.5.